The fourth-order valence-electron chi connectivity index (χ4n) is 4.62. The van der Waals surface area contributed by atoms with Crippen molar-refractivity contribution in [3.05, 3.63) is 64.5 Å². The lowest BCUT2D eigenvalue weighted by Gasteiger charge is -2.40. The lowest BCUT2D eigenvalue weighted by Crippen LogP contribution is -2.41. The molecule has 1 fully saturated rings. The predicted molar refractivity (Wildman–Crippen MR) is 110 cm³/mol. The van der Waals surface area contributed by atoms with Crippen molar-refractivity contribution in [2.45, 2.75) is 38.6 Å². The van der Waals surface area contributed by atoms with Crippen LogP contribution in [-0.4, -0.2) is 19.6 Å². The molecule has 2 aliphatic rings. The van der Waals surface area contributed by atoms with Crippen molar-refractivity contribution < 1.29 is 4.39 Å². The summed E-state index contributed by atoms with van der Waals surface area (Å²) in [5, 5.41) is 3.75. The Morgan fingerprint density at radius 2 is 2.00 bits per heavy atom. The third kappa shape index (κ3) is 3.59. The molecule has 2 aliphatic heterocycles. The zero-order chi connectivity index (χ0) is 18.8. The van der Waals surface area contributed by atoms with Gasteiger partial charge in [0.2, 0.25) is 0 Å². The number of nitrogens with one attached hydrogen (secondary N) is 1. The highest BCUT2D eigenvalue weighted by molar-refractivity contribution is 5.52. The van der Waals surface area contributed by atoms with E-state index < -0.39 is 0 Å². The summed E-state index contributed by atoms with van der Waals surface area (Å²) >= 11 is 0. The number of halogens is 1. The first-order valence-electron chi connectivity index (χ1n) is 10.1. The van der Waals surface area contributed by atoms with Gasteiger partial charge in [0, 0.05) is 24.7 Å². The molecular formula is C24H27FN2. The number of benzene rings is 2. The maximum absolute atomic E-state index is 14.4. The topological polar surface area (TPSA) is 15.3 Å². The molecule has 0 saturated carbocycles. The Kier molecular flexibility index (Phi) is 5.18. The quantitative estimate of drug-likeness (QED) is 0.811. The molecule has 2 heterocycles. The second-order valence-electron chi connectivity index (χ2n) is 7.70. The van der Waals surface area contributed by atoms with Crippen molar-refractivity contribution in [3.8, 4) is 12.3 Å². The van der Waals surface area contributed by atoms with Gasteiger partial charge in [0.15, 0.2) is 0 Å². The molecule has 0 aliphatic carbocycles. The standard InChI is InChI=1S/C24H27FN2/c1-3-17-5-7-21-20(15-17)9-12-26-24(21)19-10-13-27(14-11-19)23-8-6-18(4-2)16-22(23)25/h2,5-8,15-16,19,24,26H,3,9-14H2,1H3. The number of hydrogen-bond donors (Lipinski definition) is 1. The molecule has 0 amide bonds. The van der Waals surface area contributed by atoms with E-state index >= 15 is 0 Å². The van der Waals surface area contributed by atoms with Crippen molar-refractivity contribution in [1.29, 1.82) is 0 Å². The van der Waals surface area contributed by atoms with Crippen LogP contribution in [0.4, 0.5) is 10.1 Å². The van der Waals surface area contributed by atoms with Crippen molar-refractivity contribution in [1.82, 2.24) is 5.32 Å². The molecule has 1 saturated heterocycles. The predicted octanol–water partition coefficient (Wildman–Crippen LogP) is 4.47. The third-order valence-electron chi connectivity index (χ3n) is 6.18. The molecule has 0 spiro atoms. The van der Waals surface area contributed by atoms with Crippen LogP contribution in [0.3, 0.4) is 0 Å². The van der Waals surface area contributed by atoms with Gasteiger partial charge in [0.1, 0.15) is 5.82 Å². The number of piperidine rings is 1. The maximum atomic E-state index is 14.4. The second kappa shape index (κ2) is 7.74. The van der Waals surface area contributed by atoms with Crippen LogP contribution in [0.25, 0.3) is 0 Å². The van der Waals surface area contributed by atoms with E-state index in [4.69, 9.17) is 6.42 Å². The minimum atomic E-state index is -0.211. The summed E-state index contributed by atoms with van der Waals surface area (Å²) in [5.74, 6) is 2.89. The lowest BCUT2D eigenvalue weighted by atomic mass is 9.80. The summed E-state index contributed by atoms with van der Waals surface area (Å²) in [4.78, 5) is 2.16. The second-order valence-corrected chi connectivity index (χ2v) is 7.70. The molecule has 27 heavy (non-hydrogen) atoms. The van der Waals surface area contributed by atoms with Crippen LogP contribution in [0.15, 0.2) is 36.4 Å². The van der Waals surface area contributed by atoms with Crippen LogP contribution in [0.1, 0.15) is 48.1 Å². The van der Waals surface area contributed by atoms with E-state index in [0.717, 1.165) is 45.3 Å². The Hall–Kier alpha value is -2.31. The molecule has 1 N–H and O–H groups in total. The van der Waals surface area contributed by atoms with Gasteiger partial charge >= 0.3 is 0 Å². The third-order valence-corrected chi connectivity index (χ3v) is 6.18. The van der Waals surface area contributed by atoms with Crippen LogP contribution in [0.2, 0.25) is 0 Å². The zero-order valence-electron chi connectivity index (χ0n) is 16.0. The van der Waals surface area contributed by atoms with Crippen LogP contribution < -0.4 is 10.2 Å². The molecule has 3 heteroatoms. The average molecular weight is 362 g/mol. The maximum Gasteiger partial charge on any atom is 0.147 e. The van der Waals surface area contributed by atoms with E-state index in [0.29, 0.717) is 23.2 Å². The number of rotatable bonds is 3. The van der Waals surface area contributed by atoms with Gasteiger partial charge in [-0.15, -0.1) is 6.42 Å². The largest absolute Gasteiger partial charge is 0.369 e. The fraction of sp³-hybridized carbons (Fsp3) is 0.417. The van der Waals surface area contributed by atoms with Gasteiger partial charge < -0.3 is 10.2 Å². The summed E-state index contributed by atoms with van der Waals surface area (Å²) < 4.78 is 14.4. The molecule has 0 radical (unpaired) electrons. The van der Waals surface area contributed by atoms with Gasteiger partial charge in [-0.1, -0.05) is 31.0 Å². The first-order valence-corrected chi connectivity index (χ1v) is 10.1. The Labute approximate surface area is 161 Å². The minimum absolute atomic E-state index is 0.211. The summed E-state index contributed by atoms with van der Waals surface area (Å²) in [7, 11) is 0. The molecule has 0 aromatic heterocycles. The number of fused-ring (bicyclic) bond motifs is 1. The Morgan fingerprint density at radius 3 is 2.70 bits per heavy atom. The average Bonchev–Trinajstić information content (AvgIpc) is 2.73. The van der Waals surface area contributed by atoms with Crippen molar-refractivity contribution in [2.75, 3.05) is 24.5 Å². The van der Waals surface area contributed by atoms with E-state index in [9.17, 15) is 4.39 Å². The molecule has 2 aromatic rings. The van der Waals surface area contributed by atoms with Crippen LogP contribution in [0, 0.1) is 24.1 Å². The van der Waals surface area contributed by atoms with Crippen LogP contribution in [-0.2, 0) is 12.8 Å². The molecule has 2 nitrogen and oxygen atoms in total. The van der Waals surface area contributed by atoms with Gasteiger partial charge in [0.05, 0.1) is 5.69 Å². The first kappa shape index (κ1) is 18.1. The Bertz CT molecular complexity index is 859. The summed E-state index contributed by atoms with van der Waals surface area (Å²) in [6.07, 6.45) is 9.72. The van der Waals surface area contributed by atoms with E-state index in [2.05, 4.69) is 41.3 Å². The molecule has 140 valence electrons. The molecule has 1 unspecified atom stereocenters. The first-order chi connectivity index (χ1) is 13.2. The van der Waals surface area contributed by atoms with Crippen molar-refractivity contribution >= 4 is 5.69 Å². The molecule has 2 aromatic carbocycles. The molecule has 0 bridgehead atoms. The van der Waals surface area contributed by atoms with E-state index in [1.54, 1.807) is 0 Å². The fourth-order valence-corrected chi connectivity index (χ4v) is 4.62. The van der Waals surface area contributed by atoms with Crippen LogP contribution >= 0.6 is 0 Å². The lowest BCUT2D eigenvalue weighted by molar-refractivity contribution is 0.290. The van der Waals surface area contributed by atoms with Crippen molar-refractivity contribution in [3.63, 3.8) is 0 Å². The smallest absolute Gasteiger partial charge is 0.147 e. The SMILES string of the molecule is C#Cc1ccc(N2CCC(C3NCCc4cc(CC)ccc43)CC2)c(F)c1. The summed E-state index contributed by atoms with van der Waals surface area (Å²) in [6, 6.07) is 12.5. The van der Waals surface area contributed by atoms with Gasteiger partial charge in [0.25, 0.3) is 0 Å². The number of nitrogens with zero attached hydrogens (tertiary/aromatic N) is 1. The minimum Gasteiger partial charge on any atom is -0.369 e. The Balaban J connectivity index is 1.47. The number of terminal acetylenes is 1. The number of hydrogen-bond acceptors (Lipinski definition) is 2. The van der Waals surface area contributed by atoms with Gasteiger partial charge in [-0.25, -0.2) is 4.39 Å². The van der Waals surface area contributed by atoms with Crippen LogP contribution in [0.5, 0.6) is 0 Å². The highest BCUT2D eigenvalue weighted by Crippen LogP contribution is 2.36. The highest BCUT2D eigenvalue weighted by Gasteiger charge is 2.31. The van der Waals surface area contributed by atoms with Gasteiger partial charge in [-0.3, -0.25) is 0 Å². The zero-order valence-corrected chi connectivity index (χ0v) is 16.0. The van der Waals surface area contributed by atoms with E-state index in [1.165, 1.54) is 22.8 Å². The summed E-state index contributed by atoms with van der Waals surface area (Å²) in [5.41, 5.74) is 5.69. The number of aryl methyl sites for hydroxylation is 1. The van der Waals surface area contributed by atoms with E-state index in [-0.39, 0.29) is 5.82 Å². The molecular weight excluding hydrogens is 335 g/mol. The van der Waals surface area contributed by atoms with Gasteiger partial charge in [-0.2, -0.15) is 0 Å². The molecule has 1 atom stereocenters. The monoisotopic (exact) mass is 362 g/mol. The van der Waals surface area contributed by atoms with Gasteiger partial charge in [-0.05, 0) is 73.0 Å². The van der Waals surface area contributed by atoms with Crippen molar-refractivity contribution in [2.24, 2.45) is 5.92 Å². The molecule has 4 rings (SSSR count). The number of anilines is 1. The highest BCUT2D eigenvalue weighted by atomic mass is 19.1. The summed E-state index contributed by atoms with van der Waals surface area (Å²) in [6.45, 7) is 5.04. The normalized spacial score (nSPS) is 20.2. The van der Waals surface area contributed by atoms with E-state index in [1.807, 2.05) is 12.1 Å². The Morgan fingerprint density at radius 1 is 1.19 bits per heavy atom.